The van der Waals surface area contributed by atoms with Crippen LogP contribution in [0, 0.1) is 6.92 Å². The van der Waals surface area contributed by atoms with Crippen LogP contribution in [-0.2, 0) is 17.8 Å². The standard InChI is InChI=1S/C26H28N4O3/c1-16-6-7-19(14-24(16)33-3)26(32)28-21-10-12-30(17(2)31)23-9-8-18(13-20(21)23)22-15-29-11-4-5-25(29)27-22/h6-9,13-15,21H,4-5,10-12H2,1-3H3,(H,28,32). The molecule has 2 aromatic carbocycles. The second kappa shape index (κ2) is 8.39. The van der Waals surface area contributed by atoms with Crippen molar-refractivity contribution < 1.29 is 14.3 Å². The molecule has 33 heavy (non-hydrogen) atoms. The number of benzene rings is 2. The molecule has 2 aliphatic heterocycles. The molecule has 2 amide bonds. The number of hydrogen-bond acceptors (Lipinski definition) is 4. The second-order valence-corrected chi connectivity index (χ2v) is 8.78. The predicted octanol–water partition coefficient (Wildman–Crippen LogP) is 4.04. The van der Waals surface area contributed by atoms with Gasteiger partial charge in [0.1, 0.15) is 11.6 Å². The maximum Gasteiger partial charge on any atom is 0.251 e. The highest BCUT2D eigenvalue weighted by atomic mass is 16.5. The van der Waals surface area contributed by atoms with Gasteiger partial charge in [0.25, 0.3) is 5.91 Å². The van der Waals surface area contributed by atoms with Crippen LogP contribution in [0.25, 0.3) is 11.3 Å². The fourth-order valence-electron chi connectivity index (χ4n) is 4.85. The van der Waals surface area contributed by atoms with Gasteiger partial charge in [0.2, 0.25) is 5.91 Å². The van der Waals surface area contributed by atoms with E-state index >= 15 is 0 Å². The molecule has 7 nitrogen and oxygen atoms in total. The van der Waals surface area contributed by atoms with Crippen LogP contribution in [0.2, 0.25) is 0 Å². The molecular weight excluding hydrogens is 416 g/mol. The van der Waals surface area contributed by atoms with E-state index in [1.807, 2.05) is 31.2 Å². The molecule has 1 aromatic heterocycles. The molecule has 0 spiro atoms. The van der Waals surface area contributed by atoms with E-state index in [0.29, 0.717) is 24.3 Å². The van der Waals surface area contributed by atoms with E-state index < -0.39 is 0 Å². The van der Waals surface area contributed by atoms with Crippen molar-refractivity contribution >= 4 is 17.5 Å². The van der Waals surface area contributed by atoms with Gasteiger partial charge in [-0.15, -0.1) is 0 Å². The molecule has 1 N–H and O–H groups in total. The number of rotatable bonds is 4. The van der Waals surface area contributed by atoms with E-state index in [0.717, 1.165) is 53.3 Å². The van der Waals surface area contributed by atoms with Crippen molar-refractivity contribution in [3.05, 3.63) is 65.1 Å². The average molecular weight is 445 g/mol. The number of ether oxygens (including phenoxy) is 1. The van der Waals surface area contributed by atoms with E-state index in [1.165, 1.54) is 0 Å². The topological polar surface area (TPSA) is 76.5 Å². The minimum atomic E-state index is -0.204. The molecule has 0 bridgehead atoms. The second-order valence-electron chi connectivity index (χ2n) is 8.78. The van der Waals surface area contributed by atoms with Gasteiger partial charge in [-0.1, -0.05) is 12.1 Å². The number of amides is 2. The maximum absolute atomic E-state index is 13.1. The van der Waals surface area contributed by atoms with Crippen LogP contribution in [0.4, 0.5) is 5.69 Å². The molecule has 0 aliphatic carbocycles. The first-order valence-corrected chi connectivity index (χ1v) is 11.4. The average Bonchev–Trinajstić information content (AvgIpc) is 3.41. The van der Waals surface area contributed by atoms with Gasteiger partial charge in [-0.2, -0.15) is 0 Å². The molecule has 1 atom stereocenters. The van der Waals surface area contributed by atoms with E-state index in [1.54, 1.807) is 25.0 Å². The quantitative estimate of drug-likeness (QED) is 0.659. The number of nitrogens with one attached hydrogen (secondary N) is 1. The lowest BCUT2D eigenvalue weighted by Gasteiger charge is -2.34. The first kappa shape index (κ1) is 21.2. The summed E-state index contributed by atoms with van der Waals surface area (Å²) >= 11 is 0. The molecule has 0 saturated carbocycles. The van der Waals surface area contributed by atoms with Crippen molar-refractivity contribution in [2.75, 3.05) is 18.6 Å². The molecule has 170 valence electrons. The summed E-state index contributed by atoms with van der Waals surface area (Å²) in [6.07, 6.45) is 4.88. The number of hydrogen-bond donors (Lipinski definition) is 1. The Morgan fingerprint density at radius 3 is 2.76 bits per heavy atom. The lowest BCUT2D eigenvalue weighted by Crippen LogP contribution is -2.40. The van der Waals surface area contributed by atoms with E-state index in [4.69, 9.17) is 9.72 Å². The summed E-state index contributed by atoms with van der Waals surface area (Å²) in [5, 5.41) is 3.18. The maximum atomic E-state index is 13.1. The Morgan fingerprint density at radius 2 is 2.00 bits per heavy atom. The fraction of sp³-hybridized carbons (Fsp3) is 0.346. The first-order valence-electron chi connectivity index (χ1n) is 11.4. The van der Waals surface area contributed by atoms with Gasteiger partial charge in [-0.3, -0.25) is 9.59 Å². The largest absolute Gasteiger partial charge is 0.496 e. The van der Waals surface area contributed by atoms with Crippen LogP contribution >= 0.6 is 0 Å². The van der Waals surface area contributed by atoms with Gasteiger partial charge in [-0.25, -0.2) is 4.98 Å². The molecule has 5 rings (SSSR count). The monoisotopic (exact) mass is 444 g/mol. The highest BCUT2D eigenvalue weighted by molar-refractivity contribution is 5.96. The zero-order chi connectivity index (χ0) is 23.1. The summed E-state index contributed by atoms with van der Waals surface area (Å²) in [5.41, 5.74) is 5.24. The van der Waals surface area contributed by atoms with E-state index in [9.17, 15) is 9.59 Å². The third-order valence-electron chi connectivity index (χ3n) is 6.65. The van der Waals surface area contributed by atoms with Crippen molar-refractivity contribution in [1.29, 1.82) is 0 Å². The molecule has 3 heterocycles. The first-order chi connectivity index (χ1) is 15.9. The van der Waals surface area contributed by atoms with Crippen LogP contribution in [0.3, 0.4) is 0 Å². The zero-order valence-corrected chi connectivity index (χ0v) is 19.2. The molecule has 7 heteroatoms. The van der Waals surface area contributed by atoms with Gasteiger partial charge >= 0.3 is 0 Å². The highest BCUT2D eigenvalue weighted by Crippen LogP contribution is 2.37. The van der Waals surface area contributed by atoms with E-state index in [2.05, 4.69) is 22.1 Å². The van der Waals surface area contributed by atoms with Gasteiger partial charge in [0.05, 0.1) is 18.8 Å². The number of anilines is 1. The number of methoxy groups -OCH3 is 1. The Hall–Kier alpha value is -3.61. The third kappa shape index (κ3) is 3.88. The van der Waals surface area contributed by atoms with Gasteiger partial charge in [-0.05, 0) is 55.2 Å². The van der Waals surface area contributed by atoms with Crippen LogP contribution in [-0.4, -0.2) is 35.0 Å². The minimum absolute atomic E-state index is 0.00184. The third-order valence-corrected chi connectivity index (χ3v) is 6.65. The van der Waals surface area contributed by atoms with Crippen LogP contribution < -0.4 is 15.0 Å². The fourth-order valence-corrected chi connectivity index (χ4v) is 4.85. The lowest BCUT2D eigenvalue weighted by atomic mass is 9.93. The summed E-state index contributed by atoms with van der Waals surface area (Å²) in [6, 6.07) is 11.3. The minimum Gasteiger partial charge on any atom is -0.496 e. The van der Waals surface area contributed by atoms with Crippen LogP contribution in [0.1, 0.15) is 53.1 Å². The number of imidazole rings is 1. The number of carbonyl (C=O) groups excluding carboxylic acids is 2. The molecule has 1 unspecified atom stereocenters. The molecule has 0 radical (unpaired) electrons. The summed E-state index contributed by atoms with van der Waals surface area (Å²) in [4.78, 5) is 32.0. The van der Waals surface area contributed by atoms with Gasteiger partial charge in [0.15, 0.2) is 0 Å². The Balaban J connectivity index is 1.48. The number of fused-ring (bicyclic) bond motifs is 2. The molecule has 3 aromatic rings. The SMILES string of the molecule is COc1cc(C(=O)NC2CCN(C(C)=O)c3ccc(-c4cn5c(n4)CCC5)cc32)ccc1C. The van der Waals surface area contributed by atoms with Crippen molar-refractivity contribution in [1.82, 2.24) is 14.9 Å². The normalized spacial score (nSPS) is 16.8. The Morgan fingerprint density at radius 1 is 1.15 bits per heavy atom. The number of nitrogens with zero attached hydrogens (tertiary/aromatic N) is 3. The van der Waals surface area contributed by atoms with Gasteiger partial charge < -0.3 is 19.5 Å². The summed E-state index contributed by atoms with van der Waals surface area (Å²) < 4.78 is 7.59. The number of aryl methyl sites for hydroxylation is 3. The van der Waals surface area contributed by atoms with Gasteiger partial charge in [0, 0.05) is 49.4 Å². The van der Waals surface area contributed by atoms with E-state index in [-0.39, 0.29) is 17.9 Å². The molecule has 0 saturated heterocycles. The Bertz CT molecular complexity index is 1220. The number of carbonyl (C=O) groups is 2. The summed E-state index contributed by atoms with van der Waals surface area (Å²) in [5.74, 6) is 1.64. The van der Waals surface area contributed by atoms with Crippen LogP contribution in [0.5, 0.6) is 5.75 Å². The number of aromatic nitrogens is 2. The Kier molecular flexibility index (Phi) is 5.40. The molecule has 2 aliphatic rings. The predicted molar refractivity (Wildman–Crippen MR) is 127 cm³/mol. The van der Waals surface area contributed by atoms with Crippen molar-refractivity contribution in [2.45, 2.75) is 45.7 Å². The zero-order valence-electron chi connectivity index (χ0n) is 19.2. The molecule has 0 fully saturated rings. The molecular formula is C26H28N4O3. The van der Waals surface area contributed by atoms with Crippen molar-refractivity contribution in [3.63, 3.8) is 0 Å². The smallest absolute Gasteiger partial charge is 0.251 e. The summed E-state index contributed by atoms with van der Waals surface area (Å²) in [7, 11) is 1.60. The van der Waals surface area contributed by atoms with Crippen LogP contribution in [0.15, 0.2) is 42.6 Å². The highest BCUT2D eigenvalue weighted by Gasteiger charge is 2.29. The lowest BCUT2D eigenvalue weighted by molar-refractivity contribution is -0.116. The van der Waals surface area contributed by atoms with Crippen molar-refractivity contribution in [3.8, 4) is 17.0 Å². The summed E-state index contributed by atoms with van der Waals surface area (Å²) in [6.45, 7) is 5.09. The Labute approximate surface area is 193 Å². The van der Waals surface area contributed by atoms with Crippen molar-refractivity contribution in [2.24, 2.45) is 0 Å².